The summed E-state index contributed by atoms with van der Waals surface area (Å²) in [5.41, 5.74) is 2.67. The van der Waals surface area contributed by atoms with Crippen LogP contribution in [0.3, 0.4) is 0 Å². The minimum Gasteiger partial charge on any atom is -0.506 e. The molecule has 2 aromatic rings. The average molecular weight is 369 g/mol. The van der Waals surface area contributed by atoms with Crippen molar-refractivity contribution >= 4 is 11.7 Å². The molecule has 0 bridgehead atoms. The third-order valence-electron chi connectivity index (χ3n) is 5.46. The van der Waals surface area contributed by atoms with Gasteiger partial charge in [0.25, 0.3) is 5.56 Å². The molecule has 7 nitrogen and oxygen atoms in total. The van der Waals surface area contributed by atoms with E-state index in [1.54, 1.807) is 0 Å². The zero-order chi connectivity index (χ0) is 19.0. The Morgan fingerprint density at radius 3 is 2.70 bits per heavy atom. The third-order valence-corrected chi connectivity index (χ3v) is 5.46. The molecule has 0 amide bonds. The fourth-order valence-electron chi connectivity index (χ4n) is 4.09. The topological polar surface area (TPSA) is 114 Å². The van der Waals surface area contributed by atoms with Gasteiger partial charge in [-0.2, -0.15) is 0 Å². The molecule has 1 saturated heterocycles. The number of carbonyl (C=O) groups is 1. The van der Waals surface area contributed by atoms with E-state index in [2.05, 4.69) is 21.7 Å². The SMILES string of the molecule is O=C(O)c1c(O)c2c([nH]c1=O)-c1ccc(NC3CCNCC3)cc1CCC2. The molecule has 0 atom stereocenters. The first-order valence-corrected chi connectivity index (χ1v) is 9.36. The normalized spacial score (nSPS) is 16.9. The Bertz CT molecular complexity index is 945. The van der Waals surface area contributed by atoms with Crippen LogP contribution in [0.2, 0.25) is 0 Å². The summed E-state index contributed by atoms with van der Waals surface area (Å²) in [5, 5.41) is 26.5. The molecule has 1 fully saturated rings. The molecule has 1 aliphatic carbocycles. The van der Waals surface area contributed by atoms with Gasteiger partial charge in [-0.15, -0.1) is 0 Å². The van der Waals surface area contributed by atoms with Crippen LogP contribution in [0, 0.1) is 0 Å². The molecule has 1 aliphatic heterocycles. The number of nitrogens with one attached hydrogen (secondary N) is 3. The zero-order valence-corrected chi connectivity index (χ0v) is 15.0. The maximum absolute atomic E-state index is 12.2. The van der Waals surface area contributed by atoms with E-state index in [9.17, 15) is 19.8 Å². The molecule has 2 aliphatic rings. The van der Waals surface area contributed by atoms with Crippen LogP contribution in [-0.2, 0) is 12.8 Å². The summed E-state index contributed by atoms with van der Waals surface area (Å²) in [7, 11) is 0. The van der Waals surface area contributed by atoms with Crippen molar-refractivity contribution in [3.8, 4) is 17.0 Å². The van der Waals surface area contributed by atoms with Crippen molar-refractivity contribution in [3.63, 3.8) is 0 Å². The van der Waals surface area contributed by atoms with E-state index in [1.807, 2.05) is 12.1 Å². The molecule has 2 heterocycles. The molecular formula is C20H23N3O4. The van der Waals surface area contributed by atoms with Gasteiger partial charge < -0.3 is 25.8 Å². The van der Waals surface area contributed by atoms with Gasteiger partial charge in [-0.1, -0.05) is 6.07 Å². The lowest BCUT2D eigenvalue weighted by molar-refractivity contribution is 0.0691. The monoisotopic (exact) mass is 369 g/mol. The number of aromatic amines is 1. The fourth-order valence-corrected chi connectivity index (χ4v) is 4.09. The minimum atomic E-state index is -1.41. The number of H-pyrrole nitrogens is 1. The second-order valence-corrected chi connectivity index (χ2v) is 7.23. The van der Waals surface area contributed by atoms with Crippen molar-refractivity contribution in [1.82, 2.24) is 10.3 Å². The van der Waals surface area contributed by atoms with Crippen molar-refractivity contribution in [2.75, 3.05) is 18.4 Å². The maximum atomic E-state index is 12.2. The Balaban J connectivity index is 1.73. The van der Waals surface area contributed by atoms with Crippen LogP contribution >= 0.6 is 0 Å². The summed E-state index contributed by atoms with van der Waals surface area (Å²) in [4.78, 5) is 26.2. The van der Waals surface area contributed by atoms with Crippen LogP contribution in [0.15, 0.2) is 23.0 Å². The molecule has 1 aromatic carbocycles. The summed E-state index contributed by atoms with van der Waals surface area (Å²) in [6, 6.07) is 6.48. The second kappa shape index (κ2) is 7.08. The number of hydrogen-bond acceptors (Lipinski definition) is 5. The number of piperidine rings is 1. The summed E-state index contributed by atoms with van der Waals surface area (Å²) in [5.74, 6) is -1.83. The Hall–Kier alpha value is -2.80. The Morgan fingerprint density at radius 1 is 1.19 bits per heavy atom. The number of aromatic carboxylic acids is 1. The molecule has 5 N–H and O–H groups in total. The summed E-state index contributed by atoms with van der Waals surface area (Å²) < 4.78 is 0. The Morgan fingerprint density at radius 2 is 1.96 bits per heavy atom. The molecule has 0 radical (unpaired) electrons. The van der Waals surface area contributed by atoms with Crippen LogP contribution in [0.5, 0.6) is 5.75 Å². The quantitative estimate of drug-likeness (QED) is 0.566. The largest absolute Gasteiger partial charge is 0.506 e. The minimum absolute atomic E-state index is 0.411. The molecule has 142 valence electrons. The van der Waals surface area contributed by atoms with Crippen LogP contribution in [0.4, 0.5) is 5.69 Å². The molecule has 0 unspecified atom stereocenters. The van der Waals surface area contributed by atoms with E-state index in [0.717, 1.165) is 55.6 Å². The number of rotatable bonds is 3. The van der Waals surface area contributed by atoms with Crippen molar-refractivity contribution in [3.05, 3.63) is 45.2 Å². The van der Waals surface area contributed by atoms with Crippen LogP contribution in [0.25, 0.3) is 11.3 Å². The zero-order valence-electron chi connectivity index (χ0n) is 15.0. The van der Waals surface area contributed by atoms with Gasteiger partial charge in [0.05, 0.1) is 5.69 Å². The number of aryl methyl sites for hydroxylation is 1. The van der Waals surface area contributed by atoms with Gasteiger partial charge in [0.1, 0.15) is 5.75 Å². The van der Waals surface area contributed by atoms with Gasteiger partial charge in [0.2, 0.25) is 0 Å². The van der Waals surface area contributed by atoms with Gasteiger partial charge in [-0.3, -0.25) is 4.79 Å². The molecule has 27 heavy (non-hydrogen) atoms. The van der Waals surface area contributed by atoms with Crippen LogP contribution < -0.4 is 16.2 Å². The predicted molar refractivity (Wildman–Crippen MR) is 103 cm³/mol. The number of anilines is 1. The highest BCUT2D eigenvalue weighted by atomic mass is 16.4. The number of fused-ring (bicyclic) bond motifs is 3. The molecule has 0 spiro atoms. The number of benzene rings is 1. The molecule has 7 heteroatoms. The van der Waals surface area contributed by atoms with E-state index in [1.165, 1.54) is 0 Å². The second-order valence-electron chi connectivity index (χ2n) is 7.23. The Kier molecular flexibility index (Phi) is 4.61. The maximum Gasteiger partial charge on any atom is 0.345 e. The predicted octanol–water partition coefficient (Wildman–Crippen LogP) is 2.10. The third kappa shape index (κ3) is 3.30. The number of hydrogen-bond donors (Lipinski definition) is 5. The molecule has 4 rings (SSSR count). The number of carboxylic acid groups (broad SMARTS) is 1. The van der Waals surface area contributed by atoms with Crippen LogP contribution in [0.1, 0.15) is 40.7 Å². The smallest absolute Gasteiger partial charge is 0.345 e. The van der Waals surface area contributed by atoms with Gasteiger partial charge in [0, 0.05) is 22.9 Å². The van der Waals surface area contributed by atoms with E-state index in [-0.39, 0.29) is 0 Å². The summed E-state index contributed by atoms with van der Waals surface area (Å²) in [6.45, 7) is 2.03. The number of pyridine rings is 1. The lowest BCUT2D eigenvalue weighted by Gasteiger charge is -2.25. The van der Waals surface area contributed by atoms with Gasteiger partial charge in [-0.05, 0) is 62.9 Å². The van der Waals surface area contributed by atoms with Gasteiger partial charge in [0.15, 0.2) is 5.56 Å². The number of carboxylic acids is 1. The van der Waals surface area contributed by atoms with Gasteiger partial charge in [-0.25, -0.2) is 4.79 Å². The standard InChI is InChI=1S/C20H23N3O4/c24-18-15-3-1-2-11-10-13(22-12-6-8-21-9-7-12)4-5-14(11)17(15)23-19(25)16(18)20(26)27/h4-5,10,12,21-22H,1-3,6-9H2,(H,26,27)(H2,23,24,25). The van der Waals surface area contributed by atoms with Crippen molar-refractivity contribution in [1.29, 1.82) is 0 Å². The Labute approximate surface area is 156 Å². The highest BCUT2D eigenvalue weighted by Gasteiger charge is 2.25. The first kappa shape index (κ1) is 17.6. The summed E-state index contributed by atoms with van der Waals surface area (Å²) in [6.07, 6.45) is 4.26. The van der Waals surface area contributed by atoms with Crippen molar-refractivity contribution < 1.29 is 15.0 Å². The molecular weight excluding hydrogens is 346 g/mol. The van der Waals surface area contributed by atoms with Crippen LogP contribution in [-0.4, -0.2) is 40.3 Å². The van der Waals surface area contributed by atoms with E-state index < -0.39 is 22.8 Å². The lowest BCUT2D eigenvalue weighted by Crippen LogP contribution is -2.35. The number of aromatic nitrogens is 1. The van der Waals surface area contributed by atoms with E-state index in [4.69, 9.17) is 0 Å². The van der Waals surface area contributed by atoms with E-state index in [0.29, 0.717) is 23.7 Å². The van der Waals surface area contributed by atoms with Crippen molar-refractivity contribution in [2.45, 2.75) is 38.1 Å². The highest BCUT2D eigenvalue weighted by Crippen LogP contribution is 2.37. The van der Waals surface area contributed by atoms with Gasteiger partial charge >= 0.3 is 5.97 Å². The first-order chi connectivity index (χ1) is 13.0. The first-order valence-electron chi connectivity index (χ1n) is 9.36. The molecule has 1 aromatic heterocycles. The average Bonchev–Trinajstić information content (AvgIpc) is 2.81. The fraction of sp³-hybridized carbons (Fsp3) is 0.400. The highest BCUT2D eigenvalue weighted by molar-refractivity contribution is 5.92. The van der Waals surface area contributed by atoms with Crippen molar-refractivity contribution in [2.24, 2.45) is 0 Å². The van der Waals surface area contributed by atoms with E-state index >= 15 is 0 Å². The summed E-state index contributed by atoms with van der Waals surface area (Å²) >= 11 is 0. The lowest BCUT2D eigenvalue weighted by atomic mass is 9.98. The molecule has 0 saturated carbocycles. The number of aromatic hydroxyl groups is 1.